The van der Waals surface area contributed by atoms with Gasteiger partial charge in [0.25, 0.3) is 0 Å². The maximum absolute atomic E-state index is 13.2. The van der Waals surface area contributed by atoms with Crippen molar-refractivity contribution < 1.29 is 23.9 Å². The second-order valence-electron chi connectivity index (χ2n) is 10.9. The van der Waals surface area contributed by atoms with Crippen LogP contribution >= 0.6 is 0 Å². The van der Waals surface area contributed by atoms with Gasteiger partial charge in [-0.15, -0.1) is 0 Å². The summed E-state index contributed by atoms with van der Waals surface area (Å²) in [5.74, 6) is 0.704. The Kier molecular flexibility index (Phi) is 7.97. The van der Waals surface area contributed by atoms with Gasteiger partial charge in [-0.3, -0.25) is 9.59 Å². The fraction of sp³-hybridized carbons (Fsp3) is 0.840. The van der Waals surface area contributed by atoms with Crippen LogP contribution in [0, 0.1) is 40.9 Å². The molecule has 2 aliphatic carbocycles. The van der Waals surface area contributed by atoms with Crippen LogP contribution in [0.5, 0.6) is 0 Å². The van der Waals surface area contributed by atoms with E-state index in [-0.39, 0.29) is 42.1 Å². The Morgan fingerprint density at radius 3 is 2.79 bits per heavy atom. The minimum Gasteiger partial charge on any atom is -0.446 e. The van der Waals surface area contributed by atoms with E-state index < -0.39 is 18.2 Å². The topological polar surface area (TPSA) is 130 Å². The van der Waals surface area contributed by atoms with Gasteiger partial charge in [-0.2, -0.15) is 5.26 Å². The van der Waals surface area contributed by atoms with Crippen LogP contribution < -0.4 is 16.0 Å². The van der Waals surface area contributed by atoms with Crippen molar-refractivity contribution in [3.63, 3.8) is 0 Å². The first-order chi connectivity index (χ1) is 16.4. The normalized spacial score (nSPS) is 33.5. The van der Waals surface area contributed by atoms with Crippen LogP contribution in [-0.2, 0) is 19.1 Å². The van der Waals surface area contributed by atoms with Crippen molar-refractivity contribution in [2.45, 2.75) is 89.5 Å². The number of piperidine rings is 1. The van der Waals surface area contributed by atoms with Crippen LogP contribution in [0.4, 0.5) is 4.79 Å². The molecule has 2 aliphatic heterocycles. The van der Waals surface area contributed by atoms with E-state index in [4.69, 9.17) is 9.47 Å². The zero-order valence-corrected chi connectivity index (χ0v) is 20.3. The number of rotatable bonds is 9. The molecule has 0 aromatic rings. The number of fused-ring (bicyclic) bond motifs is 1. The van der Waals surface area contributed by atoms with Crippen LogP contribution in [-0.4, -0.2) is 55.4 Å². The Balaban J connectivity index is 1.35. The summed E-state index contributed by atoms with van der Waals surface area (Å²) in [6.45, 7) is 5.29. The first-order valence-electron chi connectivity index (χ1n) is 12.9. The Labute approximate surface area is 201 Å². The molecule has 2 saturated heterocycles. The molecule has 4 aliphatic rings. The zero-order valence-electron chi connectivity index (χ0n) is 20.3. The first-order valence-corrected chi connectivity index (χ1v) is 12.9. The Bertz CT molecular complexity index is 812. The lowest BCUT2D eigenvalue weighted by molar-refractivity contribution is -0.128. The smallest absolute Gasteiger partial charge is 0.408 e. The first kappa shape index (κ1) is 24.8. The molecular weight excluding hydrogens is 436 g/mol. The molecule has 34 heavy (non-hydrogen) atoms. The molecule has 188 valence electrons. The van der Waals surface area contributed by atoms with Gasteiger partial charge in [0.1, 0.15) is 12.1 Å². The van der Waals surface area contributed by atoms with Gasteiger partial charge in [0.2, 0.25) is 11.8 Å². The molecule has 9 nitrogen and oxygen atoms in total. The highest BCUT2D eigenvalue weighted by Crippen LogP contribution is 2.52. The van der Waals surface area contributed by atoms with Crippen molar-refractivity contribution in [1.29, 1.82) is 5.26 Å². The van der Waals surface area contributed by atoms with Gasteiger partial charge < -0.3 is 25.4 Å². The van der Waals surface area contributed by atoms with Crippen LogP contribution in [0.1, 0.15) is 65.2 Å². The highest BCUT2D eigenvalue weighted by atomic mass is 16.6. The Morgan fingerprint density at radius 2 is 2.06 bits per heavy atom. The lowest BCUT2D eigenvalue weighted by Crippen LogP contribution is -2.52. The molecule has 4 rings (SSSR count). The predicted molar refractivity (Wildman–Crippen MR) is 123 cm³/mol. The largest absolute Gasteiger partial charge is 0.446 e. The van der Waals surface area contributed by atoms with E-state index in [2.05, 4.69) is 22.0 Å². The van der Waals surface area contributed by atoms with Crippen LogP contribution in [0.2, 0.25) is 0 Å². The number of carbonyl (C=O) groups excluding carboxylic acids is 3. The highest BCUT2D eigenvalue weighted by molar-refractivity contribution is 5.86. The third-order valence-corrected chi connectivity index (χ3v) is 8.03. The van der Waals surface area contributed by atoms with Gasteiger partial charge in [0.05, 0.1) is 25.2 Å². The van der Waals surface area contributed by atoms with Gasteiger partial charge in [0, 0.05) is 24.4 Å². The second-order valence-corrected chi connectivity index (χ2v) is 10.9. The quantitative estimate of drug-likeness (QED) is 0.470. The van der Waals surface area contributed by atoms with Gasteiger partial charge in [-0.05, 0) is 62.7 Å². The van der Waals surface area contributed by atoms with E-state index in [0.717, 1.165) is 32.1 Å². The number of carbonyl (C=O) groups is 3. The van der Waals surface area contributed by atoms with Crippen LogP contribution in [0.25, 0.3) is 0 Å². The molecule has 3 N–H and O–H groups in total. The molecule has 3 amide bonds. The summed E-state index contributed by atoms with van der Waals surface area (Å²) in [6.07, 6.45) is 5.30. The molecule has 0 spiro atoms. The third kappa shape index (κ3) is 5.65. The fourth-order valence-electron chi connectivity index (χ4n) is 6.41. The van der Waals surface area contributed by atoms with Crippen molar-refractivity contribution in [2.24, 2.45) is 29.6 Å². The van der Waals surface area contributed by atoms with E-state index in [1.165, 1.54) is 0 Å². The lowest BCUT2D eigenvalue weighted by atomic mass is 9.86. The van der Waals surface area contributed by atoms with Crippen molar-refractivity contribution >= 4 is 17.9 Å². The van der Waals surface area contributed by atoms with Gasteiger partial charge in [0.15, 0.2) is 0 Å². The molecule has 0 aromatic heterocycles. The maximum Gasteiger partial charge on any atom is 0.408 e. The zero-order chi connectivity index (χ0) is 24.2. The van der Waals surface area contributed by atoms with Crippen molar-refractivity contribution in [3.05, 3.63) is 0 Å². The molecule has 8 atom stereocenters. The molecule has 0 radical (unpaired) electrons. The molecule has 4 unspecified atom stereocenters. The summed E-state index contributed by atoms with van der Waals surface area (Å²) >= 11 is 0. The molecule has 4 fully saturated rings. The second kappa shape index (κ2) is 10.9. The number of ether oxygens (including phenoxy) is 2. The van der Waals surface area contributed by atoms with Crippen molar-refractivity contribution in [3.8, 4) is 6.07 Å². The Hall–Kier alpha value is -2.34. The fourth-order valence-corrected chi connectivity index (χ4v) is 6.41. The number of hydrogen-bond acceptors (Lipinski definition) is 6. The summed E-state index contributed by atoms with van der Waals surface area (Å²) in [6, 6.07) is 0.907. The monoisotopic (exact) mass is 474 g/mol. The summed E-state index contributed by atoms with van der Waals surface area (Å²) in [4.78, 5) is 38.2. The van der Waals surface area contributed by atoms with E-state index in [0.29, 0.717) is 43.9 Å². The van der Waals surface area contributed by atoms with Crippen LogP contribution in [0.15, 0.2) is 0 Å². The molecule has 2 bridgehead atoms. The number of nitrogens with one attached hydrogen (secondary N) is 3. The average molecular weight is 475 g/mol. The Morgan fingerprint density at radius 1 is 1.24 bits per heavy atom. The number of alkyl carbamates (subject to hydrolysis) is 1. The summed E-state index contributed by atoms with van der Waals surface area (Å²) in [5, 5.41) is 17.8. The van der Waals surface area contributed by atoms with E-state index in [1.54, 1.807) is 0 Å². The maximum atomic E-state index is 13.2. The standard InChI is InChI=1S/C25H38N4O5/c1-14(2)10-20(24(31)28-17(7-8-26)11-16-4-3-9-27-23(16)30)29-25(32)34-22-15-5-6-21-18(12-15)19(22)13-33-21/h14-22H,3-7,9-13H2,1-2H3,(H,27,30)(H,28,31)(H,29,32)/t15?,16?,17-,18?,19-,20+,21-,22?/m1/s1. The van der Waals surface area contributed by atoms with E-state index in [1.807, 2.05) is 13.8 Å². The summed E-state index contributed by atoms with van der Waals surface area (Å²) < 4.78 is 11.8. The highest BCUT2D eigenvalue weighted by Gasteiger charge is 2.55. The average Bonchev–Trinajstić information content (AvgIpc) is 3.31. The van der Waals surface area contributed by atoms with Crippen molar-refractivity contribution in [1.82, 2.24) is 16.0 Å². The van der Waals surface area contributed by atoms with Crippen molar-refractivity contribution in [2.75, 3.05) is 13.2 Å². The van der Waals surface area contributed by atoms with Gasteiger partial charge in [-0.25, -0.2) is 4.79 Å². The molecule has 2 heterocycles. The molecule has 9 heteroatoms. The third-order valence-electron chi connectivity index (χ3n) is 8.03. The minimum absolute atomic E-state index is 0.0243. The number of hydrogen-bond donors (Lipinski definition) is 3. The van der Waals surface area contributed by atoms with Gasteiger partial charge in [-0.1, -0.05) is 13.8 Å². The van der Waals surface area contributed by atoms with Crippen LogP contribution in [0.3, 0.4) is 0 Å². The van der Waals surface area contributed by atoms with E-state index >= 15 is 0 Å². The summed E-state index contributed by atoms with van der Waals surface area (Å²) in [5.41, 5.74) is 0. The molecule has 0 aromatic carbocycles. The number of amides is 3. The SMILES string of the molecule is CC(C)C[C@H](NC(=O)OC1C2CC[C@H]3OC[C@@H]1C3C2)C(=O)N[C@H](CC#N)CC1CCCNC1=O. The number of nitriles is 1. The lowest BCUT2D eigenvalue weighted by Gasteiger charge is -2.29. The minimum atomic E-state index is -0.762. The van der Waals surface area contributed by atoms with E-state index in [9.17, 15) is 19.6 Å². The predicted octanol–water partition coefficient (Wildman–Crippen LogP) is 2.26. The number of nitrogens with zero attached hydrogens (tertiary/aromatic N) is 1. The van der Waals surface area contributed by atoms with Gasteiger partial charge >= 0.3 is 6.09 Å². The molecular formula is C25H38N4O5. The summed E-state index contributed by atoms with van der Waals surface area (Å²) in [7, 11) is 0. The molecule has 2 saturated carbocycles.